The second kappa shape index (κ2) is 3.37. The Balaban J connectivity index is 2.29. The lowest BCUT2D eigenvalue weighted by atomic mass is 9.72. The fourth-order valence-corrected chi connectivity index (χ4v) is 2.48. The molecule has 0 radical (unpaired) electrons. The van der Waals surface area contributed by atoms with E-state index in [1.165, 1.54) is 0 Å². The van der Waals surface area contributed by atoms with Crippen molar-refractivity contribution in [2.45, 2.75) is 31.6 Å². The van der Waals surface area contributed by atoms with Gasteiger partial charge in [0.15, 0.2) is 0 Å². The molecular formula is C13H15NO. The average molecular weight is 206 g/mol. The Morgan fingerprint density at radius 3 is 3.07 bits per heavy atom. The van der Waals surface area contributed by atoms with Gasteiger partial charge in [-0.05, 0) is 30.4 Å². The summed E-state index contributed by atoms with van der Waals surface area (Å²) in [4.78, 5) is 12.2. The molecule has 1 aliphatic carbocycles. The van der Waals surface area contributed by atoms with Gasteiger partial charge in [0.1, 0.15) is 0 Å². The molecule has 0 saturated heterocycles. The average Bonchev–Trinajstić information content (AvgIpc) is 2.43. The highest BCUT2D eigenvalue weighted by molar-refractivity contribution is 5.96. The Bertz CT molecular complexity index is 618. The molecule has 2 heteroatoms. The molecule has 1 fully saturated rings. The maximum absolute atomic E-state index is 12.2. The van der Waals surface area contributed by atoms with Gasteiger partial charge in [-0.2, -0.15) is 0 Å². The van der Waals surface area contributed by atoms with E-state index in [0.717, 1.165) is 12.8 Å². The summed E-state index contributed by atoms with van der Waals surface area (Å²) in [6.45, 7) is 0. The third-order valence-corrected chi connectivity index (χ3v) is 3.20. The second-order valence-corrected chi connectivity index (χ2v) is 4.07. The van der Waals surface area contributed by atoms with Crippen molar-refractivity contribution in [3.63, 3.8) is 0 Å². The number of hydrogen-bond donors (Lipinski definition) is 1. The molecule has 0 spiro atoms. The molecule has 1 saturated carbocycles. The highest BCUT2D eigenvalue weighted by Crippen LogP contribution is 2.44. The maximum atomic E-state index is 12.2. The number of fused-ring (bicyclic) bond motifs is 3. The van der Waals surface area contributed by atoms with Gasteiger partial charge in [-0.1, -0.05) is 31.0 Å². The molecule has 15 heavy (non-hydrogen) atoms. The molecule has 1 N–H and O–H groups in total. The van der Waals surface area contributed by atoms with Crippen molar-refractivity contribution < 1.29 is 11.6 Å². The van der Waals surface area contributed by atoms with Gasteiger partial charge in [0.2, 0.25) is 5.91 Å². The number of amides is 1. The van der Waals surface area contributed by atoms with Crippen LogP contribution in [0.2, 0.25) is 0 Å². The Morgan fingerprint density at radius 1 is 1.33 bits per heavy atom. The standard InChI is InChI=1S/C13H15NO/c15-13-11-7-2-1-5-9(11)10-6-3-4-8-12(10)14-13/h3-4,6,8-9,11H,1-2,5,7H2,(H,14,15)/t9-,11+/m1/s1/i3D,4D,6D,8D,11D. The quantitative estimate of drug-likeness (QED) is 0.694. The first kappa shape index (κ1) is 5.15. The van der Waals surface area contributed by atoms with E-state index in [1.807, 2.05) is 0 Å². The van der Waals surface area contributed by atoms with E-state index in [0.29, 0.717) is 18.4 Å². The van der Waals surface area contributed by atoms with Crippen LogP contribution in [-0.4, -0.2) is 5.91 Å². The number of benzene rings is 1. The van der Waals surface area contributed by atoms with Gasteiger partial charge in [0.05, 0.1) is 5.48 Å². The summed E-state index contributed by atoms with van der Waals surface area (Å²) < 4.78 is 39.9. The van der Waals surface area contributed by atoms with E-state index in [2.05, 4.69) is 5.32 Å². The predicted octanol–water partition coefficient (Wildman–Crippen LogP) is 2.91. The van der Waals surface area contributed by atoms with Gasteiger partial charge in [0.25, 0.3) is 0 Å². The van der Waals surface area contributed by atoms with Crippen LogP contribution in [0.1, 0.15) is 44.0 Å². The van der Waals surface area contributed by atoms with Crippen LogP contribution in [0.5, 0.6) is 0 Å². The van der Waals surface area contributed by atoms with Crippen LogP contribution in [0, 0.1) is 5.89 Å². The second-order valence-electron chi connectivity index (χ2n) is 4.07. The summed E-state index contributed by atoms with van der Waals surface area (Å²) in [5.74, 6) is -2.19. The first-order valence-electron chi connectivity index (χ1n) is 7.79. The van der Waals surface area contributed by atoms with Crippen molar-refractivity contribution in [3.8, 4) is 0 Å². The molecule has 78 valence electrons. The lowest BCUT2D eigenvalue weighted by Crippen LogP contribution is -2.35. The molecule has 0 unspecified atom stereocenters. The monoisotopic (exact) mass is 206 g/mol. The van der Waals surface area contributed by atoms with Crippen LogP contribution in [-0.2, 0) is 4.79 Å². The van der Waals surface area contributed by atoms with E-state index < -0.39 is 17.7 Å². The van der Waals surface area contributed by atoms with E-state index in [-0.39, 0.29) is 29.9 Å². The van der Waals surface area contributed by atoms with Crippen molar-refractivity contribution in [3.05, 3.63) is 29.7 Å². The summed E-state index contributed by atoms with van der Waals surface area (Å²) in [7, 11) is 0. The summed E-state index contributed by atoms with van der Waals surface area (Å²) in [6.07, 6.45) is 2.73. The van der Waals surface area contributed by atoms with Gasteiger partial charge in [-0.15, -0.1) is 0 Å². The summed E-state index contributed by atoms with van der Waals surface area (Å²) >= 11 is 0. The Labute approximate surface area is 96.7 Å². The summed E-state index contributed by atoms with van der Waals surface area (Å²) in [5.41, 5.74) is 0.570. The summed E-state index contributed by atoms with van der Waals surface area (Å²) in [5, 5.41) is 2.54. The van der Waals surface area contributed by atoms with E-state index in [1.54, 1.807) is 0 Å². The smallest absolute Gasteiger partial charge is 0.228 e. The van der Waals surface area contributed by atoms with Gasteiger partial charge < -0.3 is 5.32 Å². The normalized spacial score (nSPS) is 38.5. The van der Waals surface area contributed by atoms with E-state index in [4.69, 9.17) is 6.85 Å². The third-order valence-electron chi connectivity index (χ3n) is 3.20. The molecule has 2 aliphatic rings. The molecular weight excluding hydrogens is 186 g/mol. The third kappa shape index (κ3) is 1.36. The molecule has 2 nitrogen and oxygen atoms in total. The van der Waals surface area contributed by atoms with E-state index in [9.17, 15) is 4.79 Å². The number of para-hydroxylation sites is 1. The Morgan fingerprint density at radius 2 is 2.13 bits per heavy atom. The number of anilines is 1. The lowest BCUT2D eigenvalue weighted by molar-refractivity contribution is -0.121. The van der Waals surface area contributed by atoms with Gasteiger partial charge >= 0.3 is 0 Å². The van der Waals surface area contributed by atoms with Crippen LogP contribution < -0.4 is 5.32 Å². The fraction of sp³-hybridized carbons (Fsp3) is 0.462. The zero-order valence-corrected chi connectivity index (χ0v) is 8.31. The fourth-order valence-electron chi connectivity index (χ4n) is 2.48. The number of carbonyl (C=O) groups excluding carboxylic acids is 1. The van der Waals surface area contributed by atoms with Crippen LogP contribution in [0.25, 0.3) is 0 Å². The SMILES string of the molecule is [2H]c1c([2H])c([2H])c2c(c1[2H])NC(=O)[C@@]1([2H])CCCC[C@H]21. The number of rotatable bonds is 0. The Hall–Kier alpha value is -1.31. The van der Waals surface area contributed by atoms with Gasteiger partial charge in [-0.25, -0.2) is 0 Å². The van der Waals surface area contributed by atoms with Crippen molar-refractivity contribution in [1.82, 2.24) is 0 Å². The van der Waals surface area contributed by atoms with Crippen LogP contribution in [0.4, 0.5) is 5.69 Å². The van der Waals surface area contributed by atoms with Crippen LogP contribution >= 0.6 is 0 Å². The number of carbonyl (C=O) groups is 1. The predicted molar refractivity (Wildman–Crippen MR) is 59.8 cm³/mol. The number of hydrogen-bond acceptors (Lipinski definition) is 1. The molecule has 1 heterocycles. The highest BCUT2D eigenvalue weighted by Gasteiger charge is 2.36. The zero-order valence-electron chi connectivity index (χ0n) is 13.3. The minimum Gasteiger partial charge on any atom is -0.326 e. The first-order valence-corrected chi connectivity index (χ1v) is 5.29. The highest BCUT2D eigenvalue weighted by atomic mass is 16.2. The van der Waals surface area contributed by atoms with E-state index >= 15 is 0 Å². The molecule has 1 aliphatic heterocycles. The molecule has 1 aromatic carbocycles. The van der Waals surface area contributed by atoms with Crippen molar-refractivity contribution in [1.29, 1.82) is 0 Å². The molecule has 0 bridgehead atoms. The van der Waals surface area contributed by atoms with Crippen LogP contribution in [0.3, 0.4) is 0 Å². The lowest BCUT2D eigenvalue weighted by Gasteiger charge is -2.36. The Kier molecular flexibility index (Phi) is 1.16. The largest absolute Gasteiger partial charge is 0.326 e. The molecule has 1 amide bonds. The van der Waals surface area contributed by atoms with Crippen molar-refractivity contribution in [2.24, 2.45) is 5.89 Å². The topological polar surface area (TPSA) is 29.1 Å². The summed E-state index contributed by atoms with van der Waals surface area (Å²) in [6, 6.07) is -0.980. The minimum absolute atomic E-state index is 0.121. The maximum Gasteiger partial charge on any atom is 0.228 e. The minimum atomic E-state index is -1.30. The van der Waals surface area contributed by atoms with Crippen LogP contribution in [0.15, 0.2) is 24.2 Å². The molecule has 0 aromatic heterocycles. The van der Waals surface area contributed by atoms with Gasteiger partial charge in [-0.3, -0.25) is 4.79 Å². The van der Waals surface area contributed by atoms with Gasteiger partial charge in [0, 0.05) is 13.0 Å². The van der Waals surface area contributed by atoms with Crippen molar-refractivity contribution in [2.75, 3.05) is 5.32 Å². The zero-order chi connectivity index (χ0) is 14.7. The number of nitrogens with one attached hydrogen (secondary N) is 1. The molecule has 3 rings (SSSR count). The van der Waals surface area contributed by atoms with Crippen molar-refractivity contribution >= 4 is 11.6 Å². The molecule has 1 aromatic rings. The first-order chi connectivity index (χ1) is 9.38. The molecule has 2 atom stereocenters.